The van der Waals surface area contributed by atoms with E-state index in [0.29, 0.717) is 25.6 Å². The van der Waals surface area contributed by atoms with Crippen LogP contribution in [0.3, 0.4) is 0 Å². The monoisotopic (exact) mass is 509 g/mol. The van der Waals surface area contributed by atoms with Crippen LogP contribution in [0.1, 0.15) is 41.5 Å². The van der Waals surface area contributed by atoms with Gasteiger partial charge in [0.1, 0.15) is 0 Å². The Labute approximate surface area is 169 Å². The molecule has 1 rings (SSSR count). The van der Waals surface area contributed by atoms with Gasteiger partial charge in [-0.2, -0.15) is 0 Å². The van der Waals surface area contributed by atoms with E-state index in [0.717, 1.165) is 0 Å². The van der Waals surface area contributed by atoms with Crippen molar-refractivity contribution in [2.75, 3.05) is 37.7 Å². The maximum Gasteiger partial charge on any atom is 0.194 e. The van der Waals surface area contributed by atoms with Crippen molar-refractivity contribution in [2.45, 2.75) is 51.0 Å². The van der Waals surface area contributed by atoms with E-state index < -0.39 is 29.2 Å². The van der Waals surface area contributed by atoms with Crippen molar-refractivity contribution >= 4 is 49.6 Å². The molecule has 0 aromatic rings. The Morgan fingerprint density at radius 3 is 2.28 bits per heavy atom. The van der Waals surface area contributed by atoms with Gasteiger partial charge < -0.3 is 10.2 Å². The molecule has 0 atom stereocenters. The van der Waals surface area contributed by atoms with Crippen molar-refractivity contribution in [1.82, 2.24) is 10.2 Å². The Bertz CT molecular complexity index is 680. The predicted octanol–water partition coefficient (Wildman–Crippen LogP) is 1.29. The number of hydrogen-bond acceptors (Lipinski definition) is 5. The van der Waals surface area contributed by atoms with Crippen molar-refractivity contribution in [2.24, 2.45) is 4.99 Å². The summed E-state index contributed by atoms with van der Waals surface area (Å²) in [7, 11) is -6.36. The summed E-state index contributed by atoms with van der Waals surface area (Å²) in [5.74, 6) is 0.621. The highest BCUT2D eigenvalue weighted by Gasteiger charge is 2.41. The zero-order valence-corrected chi connectivity index (χ0v) is 20.0. The highest BCUT2D eigenvalue weighted by molar-refractivity contribution is 14.0. The van der Waals surface area contributed by atoms with Gasteiger partial charge in [-0.25, -0.2) is 16.8 Å². The normalized spacial score (nSPS) is 20.7. The van der Waals surface area contributed by atoms with E-state index in [4.69, 9.17) is 0 Å². The van der Waals surface area contributed by atoms with Crippen LogP contribution in [0.4, 0.5) is 0 Å². The highest BCUT2D eigenvalue weighted by Crippen LogP contribution is 2.23. The van der Waals surface area contributed by atoms with Gasteiger partial charge in [0.2, 0.25) is 0 Å². The summed E-state index contributed by atoms with van der Waals surface area (Å²) in [6, 6.07) is 0. The van der Waals surface area contributed by atoms with Gasteiger partial charge in [-0.05, 0) is 41.5 Å². The fraction of sp³-hybridized carbons (Fsp3) is 0.933. The van der Waals surface area contributed by atoms with Crippen molar-refractivity contribution in [3.63, 3.8) is 0 Å². The third-order valence-corrected chi connectivity index (χ3v) is 9.35. The van der Waals surface area contributed by atoms with E-state index in [2.05, 4.69) is 10.3 Å². The van der Waals surface area contributed by atoms with E-state index in [1.54, 1.807) is 34.6 Å². The van der Waals surface area contributed by atoms with Gasteiger partial charge in [0.15, 0.2) is 25.6 Å². The Hall–Kier alpha value is -0.100. The second kappa shape index (κ2) is 8.73. The average molecular weight is 509 g/mol. The first-order valence-electron chi connectivity index (χ1n) is 8.21. The fourth-order valence-electron chi connectivity index (χ4n) is 2.33. The van der Waals surface area contributed by atoms with Crippen LogP contribution in [0, 0.1) is 0 Å². The Balaban J connectivity index is 0.00000576. The standard InChI is InChI=1S/C15H31N3O4S2.HI/c1-7-16-13(17-8-10-23(19,20)14(2,3)4)18-9-11-24(21,22)15(5,6)12-18;/h7-12H2,1-6H3,(H,16,17);1H. The van der Waals surface area contributed by atoms with Crippen molar-refractivity contribution in [1.29, 1.82) is 0 Å². The summed E-state index contributed by atoms with van der Waals surface area (Å²) in [4.78, 5) is 6.30. The van der Waals surface area contributed by atoms with Crippen molar-refractivity contribution < 1.29 is 16.8 Å². The lowest BCUT2D eigenvalue weighted by Gasteiger charge is -2.39. The van der Waals surface area contributed by atoms with Crippen LogP contribution >= 0.6 is 24.0 Å². The van der Waals surface area contributed by atoms with Gasteiger partial charge in [-0.3, -0.25) is 4.99 Å². The number of halogens is 1. The second-order valence-corrected chi connectivity index (χ2v) is 13.3. The van der Waals surface area contributed by atoms with Crippen LogP contribution in [0.5, 0.6) is 0 Å². The quantitative estimate of drug-likeness (QED) is 0.349. The van der Waals surface area contributed by atoms with E-state index in [1.807, 2.05) is 11.8 Å². The zero-order valence-electron chi connectivity index (χ0n) is 16.0. The highest BCUT2D eigenvalue weighted by atomic mass is 127. The lowest BCUT2D eigenvalue weighted by atomic mass is 10.2. The molecule has 1 fully saturated rings. The molecule has 1 aliphatic rings. The summed E-state index contributed by atoms with van der Waals surface area (Å²) in [5.41, 5.74) is 0. The number of sulfone groups is 2. The maximum atomic E-state index is 12.2. The van der Waals surface area contributed by atoms with Gasteiger partial charge in [-0.1, -0.05) is 0 Å². The number of hydrogen-bond donors (Lipinski definition) is 1. The van der Waals surface area contributed by atoms with E-state index in [-0.39, 0.29) is 42.0 Å². The molecule has 0 spiro atoms. The molecule has 1 saturated heterocycles. The van der Waals surface area contributed by atoms with Gasteiger partial charge in [0.05, 0.1) is 27.5 Å². The molecular weight excluding hydrogens is 477 g/mol. The summed E-state index contributed by atoms with van der Waals surface area (Å²) in [6.45, 7) is 11.9. The smallest absolute Gasteiger partial charge is 0.194 e. The van der Waals surface area contributed by atoms with Crippen molar-refractivity contribution in [3.8, 4) is 0 Å². The number of rotatable bonds is 4. The minimum Gasteiger partial charge on any atom is -0.357 e. The zero-order chi connectivity index (χ0) is 18.8. The van der Waals surface area contributed by atoms with Crippen LogP contribution < -0.4 is 5.32 Å². The molecule has 7 nitrogen and oxygen atoms in total. The summed E-state index contributed by atoms with van der Waals surface area (Å²) < 4.78 is 46.9. The first kappa shape index (κ1) is 24.9. The summed E-state index contributed by atoms with van der Waals surface area (Å²) in [6.07, 6.45) is 0. The molecule has 1 aliphatic heterocycles. The molecule has 25 heavy (non-hydrogen) atoms. The molecule has 0 aromatic heterocycles. The van der Waals surface area contributed by atoms with Gasteiger partial charge in [0, 0.05) is 19.6 Å². The predicted molar refractivity (Wildman–Crippen MR) is 114 cm³/mol. The van der Waals surface area contributed by atoms with Crippen LogP contribution in [-0.4, -0.2) is 74.9 Å². The number of nitrogens with zero attached hydrogens (tertiary/aromatic N) is 2. The molecule has 0 amide bonds. The number of aliphatic imine (C=N–C) groups is 1. The molecule has 1 N–H and O–H groups in total. The molecule has 1 heterocycles. The molecular formula is C15H32IN3O4S2. The van der Waals surface area contributed by atoms with Crippen LogP contribution in [0.15, 0.2) is 4.99 Å². The first-order valence-corrected chi connectivity index (χ1v) is 11.5. The average Bonchev–Trinajstić information content (AvgIpc) is 2.39. The fourth-order valence-corrected chi connectivity index (χ4v) is 4.64. The minimum absolute atomic E-state index is 0. The largest absolute Gasteiger partial charge is 0.357 e. The SMILES string of the molecule is CCNC(=NCCS(=O)(=O)C(C)(C)C)N1CCS(=O)(=O)C(C)(C)C1.I. The third-order valence-electron chi connectivity index (χ3n) is 4.23. The van der Waals surface area contributed by atoms with Gasteiger partial charge in [-0.15, -0.1) is 24.0 Å². The van der Waals surface area contributed by atoms with Gasteiger partial charge >= 0.3 is 0 Å². The lowest BCUT2D eigenvalue weighted by Crippen LogP contribution is -2.57. The minimum atomic E-state index is -3.23. The second-order valence-electron chi connectivity index (χ2n) is 7.67. The molecule has 150 valence electrons. The Morgan fingerprint density at radius 1 is 1.28 bits per heavy atom. The first-order chi connectivity index (χ1) is 10.7. The third kappa shape index (κ3) is 6.23. The molecule has 0 radical (unpaired) electrons. The topological polar surface area (TPSA) is 95.9 Å². The van der Waals surface area contributed by atoms with E-state index in [1.165, 1.54) is 0 Å². The van der Waals surface area contributed by atoms with Crippen LogP contribution in [-0.2, 0) is 19.7 Å². The molecule has 0 aromatic carbocycles. The van der Waals surface area contributed by atoms with Gasteiger partial charge in [0.25, 0.3) is 0 Å². The number of nitrogens with one attached hydrogen (secondary N) is 1. The Kier molecular flexibility index (Phi) is 8.69. The number of guanidine groups is 1. The van der Waals surface area contributed by atoms with Crippen LogP contribution in [0.25, 0.3) is 0 Å². The summed E-state index contributed by atoms with van der Waals surface area (Å²) >= 11 is 0. The van der Waals surface area contributed by atoms with E-state index >= 15 is 0 Å². The van der Waals surface area contributed by atoms with Crippen molar-refractivity contribution in [3.05, 3.63) is 0 Å². The molecule has 0 unspecified atom stereocenters. The van der Waals surface area contributed by atoms with E-state index in [9.17, 15) is 16.8 Å². The maximum absolute atomic E-state index is 12.2. The van der Waals surface area contributed by atoms with Crippen LogP contribution in [0.2, 0.25) is 0 Å². The Morgan fingerprint density at radius 2 is 1.84 bits per heavy atom. The molecule has 0 saturated carbocycles. The molecule has 0 aliphatic carbocycles. The lowest BCUT2D eigenvalue weighted by molar-refractivity contribution is 0.353. The molecule has 0 bridgehead atoms. The molecule has 10 heteroatoms. The summed E-state index contributed by atoms with van der Waals surface area (Å²) in [5, 5.41) is 3.13.